The van der Waals surface area contributed by atoms with Crippen molar-refractivity contribution < 1.29 is 4.11 Å². The quantitative estimate of drug-likeness (QED) is 0.149. The molecule has 0 aliphatic carbocycles. The average molecular weight is 1350 g/mol. The van der Waals surface area contributed by atoms with Crippen molar-refractivity contribution in [3.8, 4) is 0 Å². The fourth-order valence-corrected chi connectivity index (χ4v) is 15.2. The van der Waals surface area contributed by atoms with Gasteiger partial charge in [-0.05, 0) is 247 Å². The molecule has 0 aliphatic rings. The topological polar surface area (TPSA) is 0 Å². The van der Waals surface area contributed by atoms with Gasteiger partial charge in [0, 0.05) is 4.11 Å². The van der Waals surface area contributed by atoms with Gasteiger partial charge in [-0.25, -0.2) is 0 Å². The van der Waals surface area contributed by atoms with Crippen molar-refractivity contribution in [3.05, 3.63) is 244 Å². The first-order valence-corrected chi connectivity index (χ1v) is 38.1. The molecule has 0 radical (unpaired) electrons. The van der Waals surface area contributed by atoms with Crippen LogP contribution in [0.2, 0.25) is 0 Å². The van der Waals surface area contributed by atoms with Crippen LogP contribution in [0.15, 0.2) is 127 Å². The van der Waals surface area contributed by atoms with Crippen molar-refractivity contribution in [2.75, 3.05) is 0 Å². The Morgan fingerprint density at radius 3 is 0.758 bits per heavy atom. The molecule has 0 N–H and O–H groups in total. The van der Waals surface area contributed by atoms with Crippen LogP contribution >= 0.6 is 0 Å². The fourth-order valence-electron chi connectivity index (χ4n) is 15.2. The molecule has 0 heterocycles. The van der Waals surface area contributed by atoms with Crippen molar-refractivity contribution in [1.82, 2.24) is 0 Å². The highest BCUT2D eigenvalue weighted by Gasteiger charge is 2.28. The highest BCUT2D eigenvalue weighted by Crippen LogP contribution is 2.39. The van der Waals surface area contributed by atoms with E-state index >= 15 is 0 Å². The molecule has 0 nitrogen and oxygen atoms in total. The van der Waals surface area contributed by atoms with Crippen molar-refractivity contribution in [2.45, 2.75) is 365 Å². The minimum absolute atomic E-state index is 0.0570. The maximum absolute atomic E-state index is 7.43. The molecule has 552 valence electrons. The van der Waals surface area contributed by atoms with Crippen LogP contribution in [0.5, 0.6) is 0 Å². The van der Waals surface area contributed by atoms with Crippen molar-refractivity contribution in [1.29, 1.82) is 0 Å². The second-order valence-corrected chi connectivity index (χ2v) is 39.1. The van der Waals surface area contributed by atoms with E-state index in [1.807, 2.05) is 13.8 Å². The molecule has 0 amide bonds. The highest BCUT2D eigenvalue weighted by atomic mass is 14.3. The molecule has 0 unspecified atom stereocenters. The van der Waals surface area contributed by atoms with E-state index in [2.05, 4.69) is 385 Å². The van der Waals surface area contributed by atoms with E-state index in [1.165, 1.54) is 90.7 Å². The first kappa shape index (κ1) is 85.9. The van der Waals surface area contributed by atoms with E-state index in [0.717, 1.165) is 23.0 Å². The zero-order valence-corrected chi connectivity index (χ0v) is 72.4. The summed E-state index contributed by atoms with van der Waals surface area (Å²) >= 11 is 0. The summed E-state index contributed by atoms with van der Waals surface area (Å²) in [4.78, 5) is 0. The van der Waals surface area contributed by atoms with Gasteiger partial charge < -0.3 is 0 Å². The third-order valence-corrected chi connectivity index (χ3v) is 18.2. The Labute approximate surface area is 621 Å². The van der Waals surface area contributed by atoms with Crippen LogP contribution in [0.4, 0.5) is 0 Å². The Balaban J connectivity index is 0.000000597. The number of hydrogen-bond acceptors (Lipinski definition) is 0. The Hall–Kier alpha value is -5.46. The summed E-state index contributed by atoms with van der Waals surface area (Å²) in [6.45, 7) is 90.3. The van der Waals surface area contributed by atoms with Crippen molar-refractivity contribution >= 4 is 0 Å². The molecular weight excluding hydrogens is 1190 g/mol. The predicted octanol–water partition coefficient (Wildman–Crippen LogP) is 30.4. The summed E-state index contributed by atoms with van der Waals surface area (Å²) < 4.78 is 22.3. The Morgan fingerprint density at radius 2 is 0.505 bits per heavy atom. The Bertz CT molecular complexity index is 3520. The highest BCUT2D eigenvalue weighted by molar-refractivity contribution is 5.46. The minimum Gasteiger partial charge on any atom is -0.0625 e. The summed E-state index contributed by atoms with van der Waals surface area (Å²) in [5, 5.41) is 0. The first-order chi connectivity index (χ1) is 45.9. The number of aryl methyl sites for hydroxylation is 8. The molecular formula is C99H156. The fraction of sp³-hybridized carbons (Fsp3) is 0.576. The molecule has 0 spiro atoms. The molecule has 0 aromatic heterocycles. The van der Waals surface area contributed by atoms with E-state index in [9.17, 15) is 0 Å². The molecule has 0 saturated heterocycles. The number of hydrogen-bond donors (Lipinski definition) is 0. The zero-order chi connectivity index (χ0) is 79.8. The maximum Gasteiger partial charge on any atom is 0.0280 e. The lowest BCUT2D eigenvalue weighted by molar-refractivity contribution is 0.530. The van der Waals surface area contributed by atoms with E-state index < -0.39 is 6.85 Å². The molecule has 0 bridgehead atoms. The van der Waals surface area contributed by atoms with Crippen LogP contribution in [-0.2, 0) is 56.2 Å². The van der Waals surface area contributed by atoms with Gasteiger partial charge in [-0.15, -0.1) is 0 Å². The molecule has 0 aliphatic heterocycles. The van der Waals surface area contributed by atoms with Gasteiger partial charge in [0.05, 0.1) is 0 Å². The molecule has 7 aromatic carbocycles. The van der Waals surface area contributed by atoms with Crippen LogP contribution in [0.25, 0.3) is 0 Å². The van der Waals surface area contributed by atoms with Crippen LogP contribution in [0, 0.1) is 67.2 Å². The van der Waals surface area contributed by atoms with Gasteiger partial charge >= 0.3 is 0 Å². The van der Waals surface area contributed by atoms with Gasteiger partial charge in [0.1, 0.15) is 0 Å². The lowest BCUT2D eigenvalue weighted by Gasteiger charge is -2.29. The van der Waals surface area contributed by atoms with Crippen LogP contribution in [0.3, 0.4) is 0 Å². The Kier molecular flexibility index (Phi) is 32.7. The molecule has 0 heteroatoms. The maximum atomic E-state index is 7.43. The van der Waals surface area contributed by atoms with E-state index in [-0.39, 0.29) is 43.3 Å². The van der Waals surface area contributed by atoms with Crippen LogP contribution in [0.1, 0.15) is 374 Å². The molecule has 0 fully saturated rings. The average Bonchev–Trinajstić information content (AvgIpc) is 0.837. The lowest BCUT2D eigenvalue weighted by atomic mass is 9.75. The molecule has 99 heavy (non-hydrogen) atoms. The predicted molar refractivity (Wildman–Crippen MR) is 452 cm³/mol. The van der Waals surface area contributed by atoms with E-state index in [1.54, 1.807) is 34.4 Å². The monoisotopic (exact) mass is 1350 g/mol. The standard InChI is InChI=1S/C18H30.C16H26.C14H22.3C13H20.C12H18/c1-13(2)11-15-9-8-10-16(12-14(3)4)17(15)18(5,6)7;1-11(2)13-9-8-10-14(12(3)4)15(13)16(5,6)7;1-13(2,3)11-9-7-8-10-12(11)14(4,5)6;2*1-9-7-10(2)12(11(3)8-9)13(4,5)6;1-10(2)11-8-6-7-9-12(11)13(3,4)5;1-9-7-6-8-10(2)11(9)12(3,4)5/h8-10,13-14H,11-12H2,1-7H3;8-12H,1-7H3;7-10H,1-6H3;2*7-8H,1-6H3;6-10H,1-5H3;6-8H,1-5H3/i;;;1D3;;;. The summed E-state index contributed by atoms with van der Waals surface area (Å²) in [5.41, 5.74) is 30.8. The molecule has 0 atom stereocenters. The summed E-state index contributed by atoms with van der Waals surface area (Å²) in [7, 11) is 0. The number of benzene rings is 7. The Morgan fingerprint density at radius 1 is 0.253 bits per heavy atom. The van der Waals surface area contributed by atoms with Gasteiger partial charge in [0.25, 0.3) is 0 Å². The van der Waals surface area contributed by atoms with Gasteiger partial charge in [-0.2, -0.15) is 0 Å². The van der Waals surface area contributed by atoms with Gasteiger partial charge in [0.2, 0.25) is 0 Å². The van der Waals surface area contributed by atoms with E-state index in [4.69, 9.17) is 4.11 Å². The smallest absolute Gasteiger partial charge is 0.0280 e. The van der Waals surface area contributed by atoms with Crippen LogP contribution in [-0.4, -0.2) is 0 Å². The third-order valence-electron chi connectivity index (χ3n) is 18.2. The minimum atomic E-state index is -2.01. The second-order valence-electron chi connectivity index (χ2n) is 39.1. The van der Waals surface area contributed by atoms with Crippen LogP contribution < -0.4 is 0 Å². The molecule has 7 rings (SSSR count). The second kappa shape index (κ2) is 37.6. The third kappa shape index (κ3) is 30.2. The SMILES string of the molecule is CC(C)(C)c1ccccc1C(C)(C)C.CC(C)Cc1cccc(CC(C)C)c1C(C)(C)C.CC(C)c1cccc(C(C)C)c1C(C)(C)C.CC(C)c1ccccc1C(C)(C)C.Cc1cc(C)c(C(C)(C)C)c(C)c1.Cc1cccc(C)c1C(C)(C)C.[2H]C([2H])([2H])c1cc(C)c(C(C)(C)C)c(C)c1. The summed E-state index contributed by atoms with van der Waals surface area (Å²) in [5.74, 6) is 3.28. The lowest BCUT2D eigenvalue weighted by Crippen LogP contribution is -2.21. The van der Waals surface area contributed by atoms with Crippen molar-refractivity contribution in [2.24, 2.45) is 11.8 Å². The first-order valence-electron chi connectivity index (χ1n) is 39.6. The van der Waals surface area contributed by atoms with Crippen molar-refractivity contribution in [3.63, 3.8) is 0 Å². The summed E-state index contributed by atoms with van der Waals surface area (Å²) in [6, 6.07) is 45.8. The van der Waals surface area contributed by atoms with Gasteiger partial charge in [-0.3, -0.25) is 0 Å². The molecule has 0 saturated carbocycles. The normalized spacial score (nSPS) is 12.8. The number of rotatable bonds is 7. The largest absolute Gasteiger partial charge is 0.0625 e. The van der Waals surface area contributed by atoms with Gasteiger partial charge in [0.15, 0.2) is 0 Å². The zero-order valence-electron chi connectivity index (χ0n) is 75.4. The van der Waals surface area contributed by atoms with Gasteiger partial charge in [-0.1, -0.05) is 374 Å². The summed E-state index contributed by atoms with van der Waals surface area (Å²) in [6.07, 6.45) is 2.39. The van der Waals surface area contributed by atoms with E-state index in [0.29, 0.717) is 23.3 Å². The molecule has 7 aromatic rings.